The fourth-order valence-corrected chi connectivity index (χ4v) is 1.19. The fraction of sp³-hybridized carbons (Fsp3) is 0.0714. The average Bonchev–Trinajstić information content (AvgIpc) is 2.29. The number of hydrogen-bond donors (Lipinski definition) is 0. The van der Waals surface area contributed by atoms with Crippen LogP contribution in [0.5, 0.6) is 0 Å². The summed E-state index contributed by atoms with van der Waals surface area (Å²) in [5.41, 5.74) is 0.964. The van der Waals surface area contributed by atoms with Crippen LogP contribution in [0.25, 0.3) is 5.32 Å². The molecule has 0 N–H and O–H groups in total. The summed E-state index contributed by atoms with van der Waals surface area (Å²) in [4.78, 5) is 4.33. The van der Waals surface area contributed by atoms with Crippen molar-refractivity contribution in [3.63, 3.8) is 0 Å². The quantitative estimate of drug-likeness (QED) is 0.445. The molecule has 1 aromatic rings. The molecule has 1 heterocycles. The molecule has 1 aromatic carbocycles. The molecule has 2 rings (SSSR count). The molecule has 1 unspecified atom stereocenters. The third kappa shape index (κ3) is 6.21. The van der Waals surface area contributed by atoms with Crippen molar-refractivity contribution in [2.45, 2.75) is 6.04 Å². The van der Waals surface area contributed by atoms with Crippen LogP contribution in [0.2, 0.25) is 0 Å². The Morgan fingerprint density at radius 2 is 1.76 bits per heavy atom. The molecule has 1 atom stereocenters. The Bertz CT molecular complexity index is 369. The van der Waals surface area contributed by atoms with Crippen LogP contribution >= 0.6 is 0 Å². The van der Waals surface area contributed by atoms with E-state index in [1.54, 1.807) is 6.20 Å². The summed E-state index contributed by atoms with van der Waals surface area (Å²) in [6, 6.07) is 9.95. The van der Waals surface area contributed by atoms with Gasteiger partial charge in [0.1, 0.15) is 0 Å². The van der Waals surface area contributed by atoms with Gasteiger partial charge in [-0.25, -0.2) is 0 Å². The first-order valence-corrected chi connectivity index (χ1v) is 4.58. The van der Waals surface area contributed by atoms with Crippen LogP contribution in [0.3, 0.4) is 0 Å². The van der Waals surface area contributed by atoms with E-state index in [-0.39, 0.29) is 41.3 Å². The van der Waals surface area contributed by atoms with Crippen molar-refractivity contribution in [3.05, 3.63) is 74.9 Å². The van der Waals surface area contributed by atoms with E-state index in [1.165, 1.54) is 0 Å². The maximum atomic E-state index is 4.33. The average molecular weight is 320 g/mol. The maximum Gasteiger partial charge on any atom is 2.00 e. The van der Waals surface area contributed by atoms with E-state index < -0.39 is 0 Å². The first kappa shape index (κ1) is 18.2. The molecule has 0 bridgehead atoms. The van der Waals surface area contributed by atoms with Crippen molar-refractivity contribution < 1.29 is 20.4 Å². The molecule has 0 aliphatic carbocycles. The van der Waals surface area contributed by atoms with Gasteiger partial charge in [-0.3, -0.25) is 4.99 Å². The zero-order valence-electron chi connectivity index (χ0n) is 10.1. The second-order valence-electron chi connectivity index (χ2n) is 2.98. The topological polar surface area (TPSA) is 26.5 Å². The van der Waals surface area contributed by atoms with Crippen molar-refractivity contribution in [1.82, 2.24) is 0 Å². The van der Waals surface area contributed by atoms with Gasteiger partial charge >= 0.3 is 20.4 Å². The van der Waals surface area contributed by atoms with E-state index >= 15 is 0 Å². The van der Waals surface area contributed by atoms with E-state index in [9.17, 15) is 0 Å². The van der Waals surface area contributed by atoms with Crippen LogP contribution in [-0.2, 0) is 20.4 Å². The van der Waals surface area contributed by atoms with Crippen LogP contribution in [0.15, 0.2) is 59.8 Å². The van der Waals surface area contributed by atoms with Crippen LogP contribution in [0, 0.1) is 14.9 Å². The van der Waals surface area contributed by atoms with Crippen molar-refractivity contribution >= 4 is 11.9 Å². The summed E-state index contributed by atoms with van der Waals surface area (Å²) in [6.45, 7) is 0. The zero-order valence-corrected chi connectivity index (χ0v) is 11.6. The summed E-state index contributed by atoms with van der Waals surface area (Å²) in [6.07, 6.45) is 9.53. The third-order valence-corrected chi connectivity index (χ3v) is 1.90. The van der Waals surface area contributed by atoms with Gasteiger partial charge in [0.25, 0.3) is 0 Å². The molecule has 1 aliphatic heterocycles. The summed E-state index contributed by atoms with van der Waals surface area (Å²) in [7, 11) is 0. The van der Waals surface area contributed by atoms with Crippen molar-refractivity contribution in [2.24, 2.45) is 4.99 Å². The van der Waals surface area contributed by atoms with Crippen molar-refractivity contribution in [3.8, 4) is 0 Å². The van der Waals surface area contributed by atoms with Crippen LogP contribution in [0.1, 0.15) is 0 Å². The van der Waals surface area contributed by atoms with Gasteiger partial charge in [0.2, 0.25) is 0 Å². The number of rotatable bonds is 2. The first-order valence-electron chi connectivity index (χ1n) is 4.58. The Morgan fingerprint density at radius 3 is 2.35 bits per heavy atom. The number of allylic oxidation sites excluding steroid dienone is 2. The molecule has 94 valence electrons. The van der Waals surface area contributed by atoms with E-state index in [2.05, 4.69) is 10.3 Å². The Hall–Kier alpha value is -1.17. The minimum Gasteiger partial charge on any atom is -0.680 e. The molecule has 2 nitrogen and oxygen atoms in total. The normalized spacial score (nSPS) is 16.4. The van der Waals surface area contributed by atoms with Crippen molar-refractivity contribution in [1.29, 1.82) is 0 Å². The molecule has 0 spiro atoms. The van der Waals surface area contributed by atoms with E-state index in [0.29, 0.717) is 0 Å². The van der Waals surface area contributed by atoms with Gasteiger partial charge in [-0.05, 0) is 18.3 Å². The predicted octanol–water partition coefficient (Wildman–Crippen LogP) is 4.11. The Labute approximate surface area is 118 Å². The molecular formula is C14H17N2Pd-. The number of para-hydroxylation sites is 1. The largest absolute Gasteiger partial charge is 2.00 e. The van der Waals surface area contributed by atoms with Gasteiger partial charge in [0.05, 0.1) is 5.69 Å². The second-order valence-corrected chi connectivity index (χ2v) is 2.98. The van der Waals surface area contributed by atoms with Crippen LogP contribution in [0.4, 0.5) is 5.69 Å². The molecule has 0 radical (unpaired) electrons. The maximum absolute atomic E-state index is 4.33. The van der Waals surface area contributed by atoms with Gasteiger partial charge in [0, 0.05) is 0 Å². The molecule has 0 aromatic heterocycles. The minimum atomic E-state index is 0. The monoisotopic (exact) mass is 319 g/mol. The van der Waals surface area contributed by atoms with Gasteiger partial charge in [-0.2, -0.15) is 6.20 Å². The minimum absolute atomic E-state index is 0. The van der Waals surface area contributed by atoms with Gasteiger partial charge < -0.3 is 20.2 Å². The molecule has 0 fully saturated rings. The Balaban J connectivity index is 0. The molecule has 0 saturated heterocycles. The van der Waals surface area contributed by atoms with E-state index in [1.807, 2.05) is 54.8 Å². The van der Waals surface area contributed by atoms with Crippen LogP contribution < -0.4 is 0 Å². The standard InChI is InChI=1S/C12H11N2.2CH3.Pd/c1-2-6-11(7-3-1)14-10-12-8-4-5-9-13-12;;;/h1-10,12H;2*1H3;/q3*-1;+2. The van der Waals surface area contributed by atoms with E-state index in [0.717, 1.165) is 5.69 Å². The van der Waals surface area contributed by atoms with E-state index in [4.69, 9.17) is 0 Å². The molecule has 17 heavy (non-hydrogen) atoms. The zero-order chi connectivity index (χ0) is 9.64. The SMILES string of the molecule is C1=C[N-]C(C=Nc2ccccc2)C=C1.[CH3-].[CH3-].[Pd+2]. The number of nitrogens with zero attached hydrogens (tertiary/aromatic N) is 2. The van der Waals surface area contributed by atoms with Crippen LogP contribution in [-0.4, -0.2) is 12.3 Å². The first-order chi connectivity index (χ1) is 6.95. The Morgan fingerprint density at radius 1 is 1.06 bits per heavy atom. The number of benzene rings is 1. The van der Waals surface area contributed by atoms with Gasteiger partial charge in [0.15, 0.2) is 0 Å². The molecule has 1 aliphatic rings. The van der Waals surface area contributed by atoms with Gasteiger partial charge in [-0.1, -0.05) is 42.5 Å². The number of hydrogen-bond acceptors (Lipinski definition) is 1. The number of aliphatic imine (C=N–C) groups is 1. The predicted molar refractivity (Wildman–Crippen MR) is 72.8 cm³/mol. The van der Waals surface area contributed by atoms with Crippen molar-refractivity contribution in [2.75, 3.05) is 0 Å². The molecular weight excluding hydrogens is 303 g/mol. The second kappa shape index (κ2) is 10.0. The summed E-state index contributed by atoms with van der Waals surface area (Å²) < 4.78 is 0. The summed E-state index contributed by atoms with van der Waals surface area (Å²) in [5, 5.41) is 4.23. The molecule has 0 saturated carbocycles. The molecule has 0 amide bonds. The fourth-order valence-electron chi connectivity index (χ4n) is 1.19. The molecule has 3 heteroatoms. The summed E-state index contributed by atoms with van der Waals surface area (Å²) in [5.74, 6) is 0. The van der Waals surface area contributed by atoms with Gasteiger partial charge in [-0.15, -0.1) is 0 Å². The third-order valence-electron chi connectivity index (χ3n) is 1.90. The Kier molecular flexibility index (Phi) is 10.7. The summed E-state index contributed by atoms with van der Waals surface area (Å²) >= 11 is 0. The smallest absolute Gasteiger partial charge is 0.680 e.